The van der Waals surface area contributed by atoms with Crippen LogP contribution in [0.2, 0.25) is 0 Å². The van der Waals surface area contributed by atoms with Gasteiger partial charge in [0.2, 0.25) is 5.91 Å². The predicted molar refractivity (Wildman–Crippen MR) is 296 cm³/mol. The number of ether oxygens (including phenoxy) is 13. The van der Waals surface area contributed by atoms with Crippen LogP contribution in [0.3, 0.4) is 0 Å². The van der Waals surface area contributed by atoms with Crippen molar-refractivity contribution >= 4 is 53.9 Å². The zero-order valence-corrected chi connectivity index (χ0v) is 51.6. The first-order valence-corrected chi connectivity index (χ1v) is 28.3. The largest absolute Gasteiger partial charge is 0.460 e. The van der Waals surface area contributed by atoms with Crippen LogP contribution in [0.15, 0.2) is 0 Å². The first-order chi connectivity index (χ1) is 36.6. The quantitative estimate of drug-likeness (QED) is 0.0400. The van der Waals surface area contributed by atoms with Gasteiger partial charge in [-0.05, 0) is 131 Å². The van der Waals surface area contributed by atoms with E-state index in [0.29, 0.717) is 78.9 Å². The average Bonchev–Trinajstić information content (AvgIpc) is 3.29. The molecule has 0 fully saturated rings. The van der Waals surface area contributed by atoms with Crippen LogP contribution in [0.25, 0.3) is 0 Å². The van der Waals surface area contributed by atoms with Crippen molar-refractivity contribution < 1.29 is 95.1 Å². The fraction of sp³-hybridized carbons (Fsp3) is 0.870. The molecule has 0 aromatic carbocycles. The van der Waals surface area contributed by atoms with Gasteiger partial charge in [-0.1, -0.05) is 0 Å². The molecule has 0 aliphatic heterocycles. The Morgan fingerprint density at radius 1 is 0.456 bits per heavy atom. The minimum absolute atomic E-state index is 0.0373. The second kappa shape index (κ2) is 39.2. The second-order valence-corrected chi connectivity index (χ2v) is 24.0. The molecule has 3 atom stereocenters. The summed E-state index contributed by atoms with van der Waals surface area (Å²) >= 11 is 1.03. The number of amides is 4. The van der Waals surface area contributed by atoms with Crippen molar-refractivity contribution in [2.75, 3.05) is 130 Å². The molecule has 0 unspecified atom stereocenters. The Labute approximate surface area is 474 Å². The van der Waals surface area contributed by atoms with Gasteiger partial charge in [0.1, 0.15) is 54.2 Å². The maximum Gasteiger partial charge on any atom is 0.410 e. The number of carbonyl (C=O) groups excluding carboxylic acids is 7. The highest BCUT2D eigenvalue weighted by atomic mass is 32.2. The molecule has 0 rings (SSSR count). The summed E-state index contributed by atoms with van der Waals surface area (Å²) in [6.45, 7) is 32.0. The summed E-state index contributed by atoms with van der Waals surface area (Å²) in [5.74, 6) is -3.67. The Bertz CT molecular complexity index is 1760. The SMILES string of the molecule is CCOCCOCCOCCCN(CC(=O)OC[C@H](CSC[C@H](NC(=O)OC(C)(C)C)C(=O)N[C@@H](COC(C)(C)C)C(=O)OC(C)(C)C)OC(=O)CN(CCCOCCOCCOCC)C(=O)OC(C)(C)C)C(=O)OC(C)(C)C. The highest BCUT2D eigenvalue weighted by Crippen LogP contribution is 2.17. The van der Waals surface area contributed by atoms with Gasteiger partial charge in [0.25, 0.3) is 0 Å². The van der Waals surface area contributed by atoms with E-state index in [1.54, 1.807) is 104 Å². The summed E-state index contributed by atoms with van der Waals surface area (Å²) in [4.78, 5) is 97.3. The highest BCUT2D eigenvalue weighted by molar-refractivity contribution is 7.99. The van der Waals surface area contributed by atoms with E-state index >= 15 is 0 Å². The van der Waals surface area contributed by atoms with E-state index in [4.69, 9.17) is 61.6 Å². The molecule has 0 bridgehead atoms. The topological polar surface area (TPSA) is 270 Å². The van der Waals surface area contributed by atoms with Crippen LogP contribution in [0.5, 0.6) is 0 Å². The van der Waals surface area contributed by atoms with Crippen molar-refractivity contribution in [3.63, 3.8) is 0 Å². The normalized spacial score (nSPS) is 13.3. The molecule has 0 heterocycles. The number of nitrogens with one attached hydrogen (secondary N) is 2. The third-order valence-corrected chi connectivity index (χ3v) is 10.5. The van der Waals surface area contributed by atoms with Gasteiger partial charge in [0.15, 0.2) is 6.04 Å². The Balaban J connectivity index is 6.68. The number of thioether (sulfide) groups is 1. The fourth-order valence-electron chi connectivity index (χ4n) is 5.99. The minimum atomic E-state index is -1.36. The van der Waals surface area contributed by atoms with E-state index in [-0.39, 0.29) is 44.4 Å². The van der Waals surface area contributed by atoms with Gasteiger partial charge in [0, 0.05) is 51.0 Å². The lowest BCUT2D eigenvalue weighted by Gasteiger charge is -2.29. The molecular formula is C54H100N4O20S. The van der Waals surface area contributed by atoms with Crippen LogP contribution < -0.4 is 10.6 Å². The summed E-state index contributed by atoms with van der Waals surface area (Å²) in [5, 5.41) is 5.21. The van der Waals surface area contributed by atoms with E-state index in [9.17, 15) is 33.6 Å². The molecule has 0 saturated carbocycles. The molecule has 0 aliphatic carbocycles. The van der Waals surface area contributed by atoms with Gasteiger partial charge in [-0.25, -0.2) is 19.2 Å². The third kappa shape index (κ3) is 44.1. The standard InChI is InChI=1S/C54H100N4O20S/c1-18-66-26-28-70-32-30-68-24-20-22-57(48(64)77-53(12,13)14)34-43(59)72-36-40(74-44(60)35-58(49(65)78-54(15,16)17)23-21-25-69-31-33-71-29-27-67-19-2)38-79-39-42(56-47(63)76-52(9,10)11)45(61)55-41(37-73-50(3,4)5)46(62)75-51(6,7)8/h40-42H,18-39H2,1-17H3,(H,55,61)(H,56,63)/t40-,41+,42+/m1/s1. The molecule has 79 heavy (non-hydrogen) atoms. The van der Waals surface area contributed by atoms with Crippen molar-refractivity contribution in [3.8, 4) is 0 Å². The summed E-state index contributed by atoms with van der Waals surface area (Å²) in [7, 11) is 0. The van der Waals surface area contributed by atoms with Gasteiger partial charge in [0.05, 0.1) is 65.1 Å². The zero-order valence-electron chi connectivity index (χ0n) is 50.8. The molecule has 0 aromatic rings. The van der Waals surface area contributed by atoms with Gasteiger partial charge in [-0.3, -0.25) is 24.2 Å². The highest BCUT2D eigenvalue weighted by Gasteiger charge is 2.34. The molecule has 0 aliphatic rings. The van der Waals surface area contributed by atoms with Crippen LogP contribution >= 0.6 is 11.8 Å². The number of alkyl carbamates (subject to hydrolysis) is 1. The summed E-state index contributed by atoms with van der Waals surface area (Å²) in [6.07, 6.45) is -3.09. The van der Waals surface area contributed by atoms with Crippen LogP contribution in [0.1, 0.15) is 131 Å². The molecular weight excluding hydrogens is 1060 g/mol. The molecule has 24 nitrogen and oxygen atoms in total. The minimum Gasteiger partial charge on any atom is -0.460 e. The second-order valence-electron chi connectivity index (χ2n) is 22.9. The van der Waals surface area contributed by atoms with Crippen LogP contribution in [0, 0.1) is 0 Å². The molecule has 0 radical (unpaired) electrons. The lowest BCUT2D eigenvalue weighted by Crippen LogP contribution is -2.55. The third-order valence-electron chi connectivity index (χ3n) is 9.29. The van der Waals surface area contributed by atoms with E-state index in [2.05, 4.69) is 10.6 Å². The predicted octanol–water partition coefficient (Wildman–Crippen LogP) is 6.10. The van der Waals surface area contributed by atoms with Crippen LogP contribution in [-0.4, -0.2) is 228 Å². The Kier molecular flexibility index (Phi) is 37.1. The Hall–Kier alpha value is -4.24. The summed E-state index contributed by atoms with van der Waals surface area (Å²) in [6, 6.07) is -2.65. The number of hydrogen-bond donors (Lipinski definition) is 2. The van der Waals surface area contributed by atoms with Gasteiger partial charge < -0.3 is 72.2 Å². The van der Waals surface area contributed by atoms with Crippen molar-refractivity contribution in [3.05, 3.63) is 0 Å². The molecule has 2 N–H and O–H groups in total. The van der Waals surface area contributed by atoms with E-state index in [1.807, 2.05) is 13.8 Å². The van der Waals surface area contributed by atoms with Crippen molar-refractivity contribution in [2.24, 2.45) is 0 Å². The van der Waals surface area contributed by atoms with Gasteiger partial charge >= 0.3 is 36.2 Å². The maximum absolute atomic E-state index is 14.1. The molecule has 25 heteroatoms. The first-order valence-electron chi connectivity index (χ1n) is 27.1. The number of nitrogens with zero attached hydrogens (tertiary/aromatic N) is 2. The maximum atomic E-state index is 14.1. The Morgan fingerprint density at radius 2 is 0.873 bits per heavy atom. The molecule has 0 aromatic heterocycles. The summed E-state index contributed by atoms with van der Waals surface area (Å²) in [5.41, 5.74) is -4.38. The molecule has 0 spiro atoms. The smallest absolute Gasteiger partial charge is 0.410 e. The van der Waals surface area contributed by atoms with Crippen molar-refractivity contribution in [1.82, 2.24) is 20.4 Å². The van der Waals surface area contributed by atoms with Crippen LogP contribution in [0.4, 0.5) is 14.4 Å². The number of hydrogen-bond acceptors (Lipinski definition) is 21. The van der Waals surface area contributed by atoms with Gasteiger partial charge in [-0.2, -0.15) is 11.8 Å². The first kappa shape index (κ1) is 74.8. The molecule has 462 valence electrons. The van der Waals surface area contributed by atoms with E-state index in [0.717, 1.165) is 11.8 Å². The lowest BCUT2D eigenvalue weighted by atomic mass is 10.1. The van der Waals surface area contributed by atoms with E-state index < -0.39 is 108 Å². The van der Waals surface area contributed by atoms with Crippen molar-refractivity contribution in [2.45, 2.75) is 177 Å². The van der Waals surface area contributed by atoms with Crippen molar-refractivity contribution in [1.29, 1.82) is 0 Å². The van der Waals surface area contributed by atoms with E-state index in [1.165, 1.54) is 9.80 Å². The number of esters is 3. The lowest BCUT2D eigenvalue weighted by molar-refractivity contribution is -0.162. The average molecular weight is 1160 g/mol. The molecule has 0 saturated heterocycles. The zero-order chi connectivity index (χ0) is 60.3. The molecule has 4 amide bonds. The number of rotatable bonds is 39. The van der Waals surface area contributed by atoms with Crippen LogP contribution in [-0.2, 0) is 80.8 Å². The fourth-order valence-corrected chi connectivity index (χ4v) is 7.02. The Morgan fingerprint density at radius 3 is 1.29 bits per heavy atom. The van der Waals surface area contributed by atoms with Gasteiger partial charge in [-0.15, -0.1) is 0 Å². The monoisotopic (exact) mass is 1160 g/mol. The number of carbonyl (C=O) groups is 7. The summed E-state index contributed by atoms with van der Waals surface area (Å²) < 4.78 is 72.5.